The van der Waals surface area contributed by atoms with Crippen molar-refractivity contribution in [2.75, 3.05) is 26.2 Å². The number of nitrogens with one attached hydrogen (secondary N) is 2. The van der Waals surface area contributed by atoms with Crippen LogP contribution in [0.2, 0.25) is 0 Å². The molecule has 4 nitrogen and oxygen atoms in total. The van der Waals surface area contributed by atoms with E-state index in [4.69, 9.17) is 11.5 Å². The van der Waals surface area contributed by atoms with E-state index in [9.17, 15) is 0 Å². The van der Waals surface area contributed by atoms with E-state index >= 15 is 0 Å². The van der Waals surface area contributed by atoms with Crippen molar-refractivity contribution < 1.29 is 0 Å². The summed E-state index contributed by atoms with van der Waals surface area (Å²) in [7, 11) is 0. The molecule has 0 saturated carbocycles. The first kappa shape index (κ1) is 12.8. The topological polar surface area (TPSA) is 76.1 Å². The van der Waals surface area contributed by atoms with E-state index in [2.05, 4.69) is 17.6 Å². The van der Waals surface area contributed by atoms with E-state index in [1.54, 1.807) is 0 Å². The zero-order chi connectivity index (χ0) is 9.94. The lowest BCUT2D eigenvalue weighted by atomic mass is 10.3. The highest BCUT2D eigenvalue weighted by Gasteiger charge is 1.92. The second-order valence-electron chi connectivity index (χ2n) is 3.31. The second kappa shape index (κ2) is 9.92. The molecule has 0 unspecified atom stereocenters. The lowest BCUT2D eigenvalue weighted by molar-refractivity contribution is 0.549. The molecule has 0 fully saturated rings. The first-order valence-corrected chi connectivity index (χ1v) is 5.20. The third-order valence-electron chi connectivity index (χ3n) is 1.79. The summed E-state index contributed by atoms with van der Waals surface area (Å²) in [5.41, 5.74) is 10.8. The molecule has 0 aromatic heterocycles. The molecule has 0 aliphatic heterocycles. The van der Waals surface area contributed by atoms with Crippen molar-refractivity contribution in [1.29, 1.82) is 0 Å². The van der Waals surface area contributed by atoms with Gasteiger partial charge in [0, 0.05) is 0 Å². The summed E-state index contributed by atoms with van der Waals surface area (Å²) >= 11 is 0. The van der Waals surface area contributed by atoms with Crippen LogP contribution in [0.5, 0.6) is 0 Å². The van der Waals surface area contributed by atoms with Crippen LogP contribution in [0.4, 0.5) is 0 Å². The van der Waals surface area contributed by atoms with Crippen LogP contribution in [-0.4, -0.2) is 32.3 Å². The molecule has 80 valence electrons. The average molecular weight is 188 g/mol. The SMILES string of the molecule is CCCNCCCNCCC(N)N. The maximum Gasteiger partial charge on any atom is 0.0533 e. The van der Waals surface area contributed by atoms with Gasteiger partial charge in [-0.15, -0.1) is 0 Å². The molecular formula is C9H24N4. The fraction of sp³-hybridized carbons (Fsp3) is 1.00. The van der Waals surface area contributed by atoms with E-state index in [0.717, 1.165) is 32.6 Å². The van der Waals surface area contributed by atoms with Crippen LogP contribution in [0.25, 0.3) is 0 Å². The van der Waals surface area contributed by atoms with Gasteiger partial charge in [-0.1, -0.05) is 6.92 Å². The van der Waals surface area contributed by atoms with Crippen molar-refractivity contribution >= 4 is 0 Å². The van der Waals surface area contributed by atoms with Gasteiger partial charge in [-0.2, -0.15) is 0 Å². The Bertz CT molecular complexity index is 95.6. The summed E-state index contributed by atoms with van der Waals surface area (Å²) in [6.07, 6.45) is 3.04. The Morgan fingerprint density at radius 2 is 1.62 bits per heavy atom. The summed E-state index contributed by atoms with van der Waals surface area (Å²) in [5, 5.41) is 6.64. The molecular weight excluding hydrogens is 164 g/mol. The van der Waals surface area contributed by atoms with Crippen molar-refractivity contribution in [3.05, 3.63) is 0 Å². The minimum Gasteiger partial charge on any atom is -0.317 e. The van der Waals surface area contributed by atoms with Gasteiger partial charge in [0.2, 0.25) is 0 Å². The summed E-state index contributed by atoms with van der Waals surface area (Å²) in [6.45, 7) is 6.35. The van der Waals surface area contributed by atoms with Crippen molar-refractivity contribution in [3.8, 4) is 0 Å². The highest BCUT2D eigenvalue weighted by atomic mass is 14.9. The summed E-state index contributed by atoms with van der Waals surface area (Å²) in [6, 6.07) is 0. The molecule has 0 atom stereocenters. The first-order chi connectivity index (χ1) is 6.27. The van der Waals surface area contributed by atoms with Gasteiger partial charge in [-0.3, -0.25) is 0 Å². The van der Waals surface area contributed by atoms with Crippen molar-refractivity contribution in [2.24, 2.45) is 11.5 Å². The second-order valence-corrected chi connectivity index (χ2v) is 3.31. The molecule has 0 rings (SSSR count). The lowest BCUT2D eigenvalue weighted by Crippen LogP contribution is -2.34. The number of hydrogen-bond donors (Lipinski definition) is 4. The minimum atomic E-state index is -0.175. The Kier molecular flexibility index (Phi) is 9.80. The molecule has 4 heteroatoms. The molecule has 0 heterocycles. The molecule has 0 spiro atoms. The zero-order valence-corrected chi connectivity index (χ0v) is 8.68. The van der Waals surface area contributed by atoms with E-state index in [0.29, 0.717) is 0 Å². The molecule has 0 amide bonds. The summed E-state index contributed by atoms with van der Waals surface area (Å²) in [5.74, 6) is 0. The minimum absolute atomic E-state index is 0.175. The third-order valence-corrected chi connectivity index (χ3v) is 1.79. The van der Waals surface area contributed by atoms with Crippen LogP contribution in [0.15, 0.2) is 0 Å². The fourth-order valence-electron chi connectivity index (χ4n) is 1.03. The van der Waals surface area contributed by atoms with E-state index in [1.165, 1.54) is 12.8 Å². The Morgan fingerprint density at radius 1 is 1.00 bits per heavy atom. The monoisotopic (exact) mass is 188 g/mol. The summed E-state index contributed by atoms with van der Waals surface area (Å²) in [4.78, 5) is 0. The number of hydrogen-bond acceptors (Lipinski definition) is 4. The Labute approximate surface area is 81.4 Å². The van der Waals surface area contributed by atoms with Crippen LogP contribution in [-0.2, 0) is 0 Å². The van der Waals surface area contributed by atoms with Gasteiger partial charge < -0.3 is 22.1 Å². The van der Waals surface area contributed by atoms with Gasteiger partial charge in [0.25, 0.3) is 0 Å². The number of rotatable bonds is 9. The molecule has 0 aromatic carbocycles. The molecule has 13 heavy (non-hydrogen) atoms. The van der Waals surface area contributed by atoms with Gasteiger partial charge in [-0.25, -0.2) is 0 Å². The third kappa shape index (κ3) is 11.8. The maximum atomic E-state index is 5.40. The highest BCUT2D eigenvalue weighted by Crippen LogP contribution is 1.78. The predicted molar refractivity (Wildman–Crippen MR) is 57.4 cm³/mol. The molecule has 0 aromatic rings. The van der Waals surface area contributed by atoms with Crippen LogP contribution in [0, 0.1) is 0 Å². The Morgan fingerprint density at radius 3 is 2.15 bits per heavy atom. The normalized spacial score (nSPS) is 11.1. The molecule has 0 saturated heterocycles. The van der Waals surface area contributed by atoms with Gasteiger partial charge in [0.15, 0.2) is 0 Å². The Balaban J connectivity index is 2.84. The fourth-order valence-corrected chi connectivity index (χ4v) is 1.03. The standard InChI is InChI=1S/C9H24N4/c1-2-5-12-6-3-7-13-8-4-9(10)11/h9,12-13H,2-8,10-11H2,1H3. The van der Waals surface area contributed by atoms with Crippen LogP contribution < -0.4 is 22.1 Å². The van der Waals surface area contributed by atoms with Crippen molar-refractivity contribution in [2.45, 2.75) is 32.4 Å². The molecule has 0 bridgehead atoms. The van der Waals surface area contributed by atoms with Gasteiger partial charge in [0.05, 0.1) is 6.17 Å². The molecule has 0 radical (unpaired) electrons. The van der Waals surface area contributed by atoms with Crippen LogP contribution >= 0.6 is 0 Å². The van der Waals surface area contributed by atoms with E-state index in [-0.39, 0.29) is 6.17 Å². The molecule has 0 aliphatic rings. The van der Waals surface area contributed by atoms with E-state index < -0.39 is 0 Å². The van der Waals surface area contributed by atoms with Crippen molar-refractivity contribution in [1.82, 2.24) is 10.6 Å². The predicted octanol–water partition coefficient (Wildman–Crippen LogP) is -0.401. The van der Waals surface area contributed by atoms with Crippen LogP contribution in [0.1, 0.15) is 26.2 Å². The molecule has 6 N–H and O–H groups in total. The smallest absolute Gasteiger partial charge is 0.0533 e. The first-order valence-electron chi connectivity index (χ1n) is 5.20. The lowest BCUT2D eigenvalue weighted by Gasteiger charge is -2.07. The van der Waals surface area contributed by atoms with Gasteiger partial charge in [0.1, 0.15) is 0 Å². The quantitative estimate of drug-likeness (QED) is 0.293. The van der Waals surface area contributed by atoms with Crippen LogP contribution in [0.3, 0.4) is 0 Å². The zero-order valence-electron chi connectivity index (χ0n) is 8.68. The van der Waals surface area contributed by atoms with Gasteiger partial charge in [-0.05, 0) is 45.4 Å². The number of nitrogens with two attached hydrogens (primary N) is 2. The van der Waals surface area contributed by atoms with E-state index in [1.807, 2.05) is 0 Å². The summed E-state index contributed by atoms with van der Waals surface area (Å²) < 4.78 is 0. The largest absolute Gasteiger partial charge is 0.317 e. The Hall–Kier alpha value is -0.160. The highest BCUT2D eigenvalue weighted by molar-refractivity contribution is 4.55. The van der Waals surface area contributed by atoms with Crippen molar-refractivity contribution in [3.63, 3.8) is 0 Å². The maximum absolute atomic E-state index is 5.40. The molecule has 0 aliphatic carbocycles. The average Bonchev–Trinajstić information content (AvgIpc) is 2.09. The van der Waals surface area contributed by atoms with Gasteiger partial charge >= 0.3 is 0 Å².